The second kappa shape index (κ2) is 6.70. The number of hydrogen-bond acceptors (Lipinski definition) is 2. The molecule has 0 bridgehead atoms. The van der Waals surface area contributed by atoms with E-state index in [0.29, 0.717) is 11.7 Å². The minimum Gasteiger partial charge on any atom is -0.386 e. The monoisotopic (exact) mass is 304 g/mol. The Kier molecular flexibility index (Phi) is 5.32. The first-order valence-electron chi connectivity index (χ1n) is 8.99. The van der Waals surface area contributed by atoms with Gasteiger partial charge in [0.2, 0.25) is 0 Å². The zero-order chi connectivity index (χ0) is 16.4. The van der Waals surface area contributed by atoms with Crippen molar-refractivity contribution in [3.63, 3.8) is 0 Å². The molecule has 2 rings (SSSR count). The molecule has 2 heteroatoms. The van der Waals surface area contributed by atoms with Gasteiger partial charge in [-0.2, -0.15) is 0 Å². The number of allylic oxidation sites excluding steroid dienone is 3. The third kappa shape index (κ3) is 3.22. The molecule has 0 amide bonds. The standard InChI is InChI=1S/C20H32O2/c1-5-20(22,6-2)14-7-9-15(3)16-11-12-17-18(21)10-8-13-19(16,17)4/h7,11,14-15,17,22H,5-6,8-10,12-13H2,1-4H3/t15-,17+,19-/m1/s1. The fraction of sp³-hybridized carbons (Fsp3) is 0.750. The molecule has 1 N–H and O–H groups in total. The molecule has 0 aliphatic heterocycles. The zero-order valence-electron chi connectivity index (χ0n) is 14.7. The van der Waals surface area contributed by atoms with Crippen LogP contribution in [0.5, 0.6) is 0 Å². The van der Waals surface area contributed by atoms with Crippen LogP contribution in [0.2, 0.25) is 0 Å². The van der Waals surface area contributed by atoms with Gasteiger partial charge in [0.15, 0.2) is 0 Å². The minimum atomic E-state index is -0.656. The van der Waals surface area contributed by atoms with E-state index < -0.39 is 5.60 Å². The number of hydrogen-bond donors (Lipinski definition) is 1. The van der Waals surface area contributed by atoms with Crippen molar-refractivity contribution in [3.05, 3.63) is 23.8 Å². The van der Waals surface area contributed by atoms with Crippen molar-refractivity contribution in [2.24, 2.45) is 17.3 Å². The van der Waals surface area contributed by atoms with Crippen molar-refractivity contribution in [3.8, 4) is 0 Å². The molecular formula is C20H32O2. The normalized spacial score (nSPS) is 30.5. The van der Waals surface area contributed by atoms with Crippen LogP contribution in [0.1, 0.15) is 72.6 Å². The molecule has 0 aromatic carbocycles. The smallest absolute Gasteiger partial charge is 0.137 e. The van der Waals surface area contributed by atoms with E-state index in [1.807, 2.05) is 19.9 Å². The molecule has 2 nitrogen and oxygen atoms in total. The lowest BCUT2D eigenvalue weighted by molar-refractivity contribution is -0.128. The highest BCUT2D eigenvalue weighted by Gasteiger charge is 2.47. The Balaban J connectivity index is 2.03. The number of carbonyl (C=O) groups excluding carboxylic acids is 1. The van der Waals surface area contributed by atoms with Crippen molar-refractivity contribution in [2.45, 2.75) is 78.2 Å². The van der Waals surface area contributed by atoms with Crippen LogP contribution >= 0.6 is 0 Å². The molecule has 0 aromatic heterocycles. The largest absolute Gasteiger partial charge is 0.386 e. The Labute approximate surface area is 135 Å². The Morgan fingerprint density at radius 3 is 2.77 bits per heavy atom. The third-order valence-corrected chi connectivity index (χ3v) is 6.18. The molecular weight excluding hydrogens is 272 g/mol. The van der Waals surface area contributed by atoms with Crippen molar-refractivity contribution < 1.29 is 9.90 Å². The molecule has 124 valence electrons. The van der Waals surface area contributed by atoms with Gasteiger partial charge in [-0.3, -0.25) is 4.79 Å². The van der Waals surface area contributed by atoms with E-state index in [1.165, 1.54) is 5.57 Å². The first-order valence-corrected chi connectivity index (χ1v) is 8.99. The summed E-state index contributed by atoms with van der Waals surface area (Å²) in [6.07, 6.45) is 12.8. The van der Waals surface area contributed by atoms with Gasteiger partial charge in [-0.25, -0.2) is 0 Å². The number of carbonyl (C=O) groups is 1. The Hall–Kier alpha value is -0.890. The minimum absolute atomic E-state index is 0.0917. The first-order chi connectivity index (χ1) is 10.4. The van der Waals surface area contributed by atoms with Gasteiger partial charge in [0, 0.05) is 12.3 Å². The first kappa shape index (κ1) is 17.5. The van der Waals surface area contributed by atoms with E-state index in [9.17, 15) is 9.90 Å². The maximum atomic E-state index is 12.2. The highest BCUT2D eigenvalue weighted by atomic mass is 16.3. The number of fused-ring (bicyclic) bond motifs is 1. The van der Waals surface area contributed by atoms with E-state index in [-0.39, 0.29) is 11.3 Å². The Morgan fingerprint density at radius 1 is 1.45 bits per heavy atom. The van der Waals surface area contributed by atoms with E-state index in [4.69, 9.17) is 0 Å². The Morgan fingerprint density at radius 2 is 2.14 bits per heavy atom. The van der Waals surface area contributed by atoms with Crippen LogP contribution < -0.4 is 0 Å². The average molecular weight is 304 g/mol. The fourth-order valence-electron chi connectivity index (χ4n) is 4.42. The van der Waals surface area contributed by atoms with Gasteiger partial charge in [-0.05, 0) is 49.9 Å². The van der Waals surface area contributed by atoms with Crippen molar-refractivity contribution in [1.82, 2.24) is 0 Å². The Bertz CT molecular complexity index is 470. The van der Waals surface area contributed by atoms with Crippen molar-refractivity contribution in [2.75, 3.05) is 0 Å². The van der Waals surface area contributed by atoms with E-state index in [0.717, 1.165) is 44.9 Å². The molecule has 1 saturated carbocycles. The van der Waals surface area contributed by atoms with Crippen LogP contribution in [-0.2, 0) is 4.79 Å². The summed E-state index contributed by atoms with van der Waals surface area (Å²) in [5.41, 5.74) is 0.914. The second-order valence-corrected chi connectivity index (χ2v) is 7.53. The van der Waals surface area contributed by atoms with Gasteiger partial charge < -0.3 is 5.11 Å². The molecule has 0 radical (unpaired) electrons. The van der Waals surface area contributed by atoms with E-state index in [1.54, 1.807) is 0 Å². The second-order valence-electron chi connectivity index (χ2n) is 7.53. The van der Waals surface area contributed by atoms with Gasteiger partial charge in [-0.1, -0.05) is 51.5 Å². The zero-order valence-corrected chi connectivity index (χ0v) is 14.7. The molecule has 0 spiro atoms. The van der Waals surface area contributed by atoms with Crippen LogP contribution in [0.3, 0.4) is 0 Å². The van der Waals surface area contributed by atoms with E-state index >= 15 is 0 Å². The molecule has 22 heavy (non-hydrogen) atoms. The molecule has 1 fully saturated rings. The van der Waals surface area contributed by atoms with Crippen molar-refractivity contribution in [1.29, 1.82) is 0 Å². The molecule has 3 atom stereocenters. The summed E-state index contributed by atoms with van der Waals surface area (Å²) in [5, 5.41) is 10.3. The lowest BCUT2D eigenvalue weighted by Gasteiger charge is -2.40. The summed E-state index contributed by atoms with van der Waals surface area (Å²) in [4.78, 5) is 12.2. The van der Waals surface area contributed by atoms with Crippen molar-refractivity contribution >= 4 is 5.78 Å². The fourth-order valence-corrected chi connectivity index (χ4v) is 4.42. The molecule has 0 unspecified atom stereocenters. The van der Waals surface area contributed by atoms with Gasteiger partial charge in [0.25, 0.3) is 0 Å². The lowest BCUT2D eigenvalue weighted by atomic mass is 9.63. The lowest BCUT2D eigenvalue weighted by Crippen LogP contribution is -2.36. The van der Waals surface area contributed by atoms with Gasteiger partial charge in [0.1, 0.15) is 5.78 Å². The van der Waals surface area contributed by atoms with Crippen LogP contribution in [0.4, 0.5) is 0 Å². The molecule has 2 aliphatic carbocycles. The predicted molar refractivity (Wildman–Crippen MR) is 91.6 cm³/mol. The van der Waals surface area contributed by atoms with Gasteiger partial charge in [0.05, 0.1) is 5.60 Å². The highest BCUT2D eigenvalue weighted by Crippen LogP contribution is 2.53. The summed E-state index contributed by atoms with van der Waals surface area (Å²) >= 11 is 0. The third-order valence-electron chi connectivity index (χ3n) is 6.18. The number of ketones is 1. The molecule has 0 saturated heterocycles. The summed E-state index contributed by atoms with van der Waals surface area (Å²) in [6.45, 7) is 8.61. The SMILES string of the molecule is CCC(O)(C=CC[C@@H](C)C1=CC[C@H]2C(=O)CCC[C@]12C)CC. The maximum Gasteiger partial charge on any atom is 0.137 e. The maximum absolute atomic E-state index is 12.2. The topological polar surface area (TPSA) is 37.3 Å². The molecule has 2 aliphatic rings. The van der Waals surface area contributed by atoms with Crippen LogP contribution in [0, 0.1) is 17.3 Å². The summed E-state index contributed by atoms with van der Waals surface area (Å²) in [5.74, 6) is 1.15. The van der Waals surface area contributed by atoms with E-state index in [2.05, 4.69) is 26.0 Å². The van der Waals surface area contributed by atoms with Gasteiger partial charge in [-0.15, -0.1) is 0 Å². The summed E-state index contributed by atoms with van der Waals surface area (Å²) < 4.78 is 0. The average Bonchev–Trinajstić information content (AvgIpc) is 2.85. The highest BCUT2D eigenvalue weighted by molar-refractivity contribution is 5.84. The summed E-state index contributed by atoms with van der Waals surface area (Å²) in [6, 6.07) is 0. The van der Waals surface area contributed by atoms with Crippen LogP contribution in [0.15, 0.2) is 23.8 Å². The number of Topliss-reactive ketones (excluding diaryl/α,β-unsaturated/α-hetero) is 1. The molecule has 0 aromatic rings. The van der Waals surface area contributed by atoms with Crippen LogP contribution in [-0.4, -0.2) is 16.5 Å². The number of aliphatic hydroxyl groups is 1. The number of rotatable bonds is 6. The van der Waals surface area contributed by atoms with Crippen LogP contribution in [0.25, 0.3) is 0 Å². The molecule has 0 heterocycles. The predicted octanol–water partition coefficient (Wildman–Crippen LogP) is 4.83. The summed E-state index contributed by atoms with van der Waals surface area (Å²) in [7, 11) is 0. The quantitative estimate of drug-likeness (QED) is 0.714. The van der Waals surface area contributed by atoms with Gasteiger partial charge >= 0.3 is 0 Å².